The van der Waals surface area contributed by atoms with Crippen LogP contribution in [0.25, 0.3) is 0 Å². The summed E-state index contributed by atoms with van der Waals surface area (Å²) in [6.07, 6.45) is -0.868. The fourth-order valence-corrected chi connectivity index (χ4v) is 7.74. The lowest BCUT2D eigenvalue weighted by Crippen LogP contribution is -2.21. The van der Waals surface area contributed by atoms with Crippen LogP contribution in [0.3, 0.4) is 0 Å². The molecule has 6 rings (SSSR count). The number of halogens is 2. The van der Waals surface area contributed by atoms with E-state index in [1.54, 1.807) is 30.3 Å². The Balaban J connectivity index is 1.17. The van der Waals surface area contributed by atoms with E-state index in [0.717, 1.165) is 19.7 Å². The summed E-state index contributed by atoms with van der Waals surface area (Å²) in [5.41, 5.74) is 2.25. The zero-order valence-corrected chi connectivity index (χ0v) is 38.0. The van der Waals surface area contributed by atoms with Crippen molar-refractivity contribution in [3.63, 3.8) is 0 Å². The molecule has 0 saturated carbocycles. The van der Waals surface area contributed by atoms with Gasteiger partial charge in [0.15, 0.2) is 21.9 Å². The molecule has 2 heterocycles. The molecule has 0 aliphatic carbocycles. The summed E-state index contributed by atoms with van der Waals surface area (Å²) >= 11 is 6.64. The van der Waals surface area contributed by atoms with Gasteiger partial charge in [0.2, 0.25) is 34.9 Å². The van der Waals surface area contributed by atoms with Gasteiger partial charge in [-0.2, -0.15) is 56.2 Å². The molecule has 2 aromatic heterocycles. The number of hydrazone groups is 1. The first-order valence-corrected chi connectivity index (χ1v) is 23.9. The number of anilines is 7. The molecule has 35 heteroatoms. The number of azo groups is 1. The van der Waals surface area contributed by atoms with Crippen LogP contribution < -0.4 is 26.5 Å². The van der Waals surface area contributed by atoms with Gasteiger partial charge in [-0.1, -0.05) is 35.4 Å². The van der Waals surface area contributed by atoms with Crippen molar-refractivity contribution in [2.75, 3.05) is 38.9 Å². The van der Waals surface area contributed by atoms with Crippen LogP contribution in [0.15, 0.2) is 115 Å². The number of hydrogen-bond donors (Lipinski definition) is 9. The SMILES string of the molecule is O=Cc1ccc(SOOO)cc1N=NC(=NNc1cc(S(=O)(=O)O)cc(Nc2nc(F)nc(N[B]Nc3nc(Cl)nc(Nc4ccc(S(=O)(=O)CCOS(=O)(=O)O)cc4)n3)n2)c1O)c1ccccc1. The maximum Gasteiger partial charge on any atom is 0.397 e. The molecule has 1 radical (unpaired) electrons. The van der Waals surface area contributed by atoms with Crippen molar-refractivity contribution in [2.24, 2.45) is 15.3 Å². The number of nitrogens with one attached hydrogen (secondary N) is 5. The van der Waals surface area contributed by atoms with E-state index in [1.807, 2.05) is 0 Å². The van der Waals surface area contributed by atoms with Gasteiger partial charge in [0, 0.05) is 21.7 Å². The Morgan fingerprint density at radius 1 is 0.812 bits per heavy atom. The second-order valence-electron chi connectivity index (χ2n) is 12.8. The van der Waals surface area contributed by atoms with Crippen molar-refractivity contribution in [1.82, 2.24) is 29.9 Å². The molecule has 4 aromatic carbocycles. The summed E-state index contributed by atoms with van der Waals surface area (Å²) < 4.78 is 113. The molecule has 0 fully saturated rings. The average Bonchev–Trinajstić information content (AvgIpc) is 3.28. The van der Waals surface area contributed by atoms with E-state index in [0.29, 0.717) is 28.8 Å². The smallest absolute Gasteiger partial charge is 0.397 e. The number of aromatic nitrogens is 6. The molecule has 9 N–H and O–H groups in total. The third-order valence-corrected chi connectivity index (χ3v) is 11.9. The molecular formula is C34H28BClFN14O14S4. The lowest BCUT2D eigenvalue weighted by molar-refractivity contribution is -0.432. The summed E-state index contributed by atoms with van der Waals surface area (Å²) in [6.45, 7) is -0.817. The number of carbonyl (C=O) groups excluding carboxylic acids is 1. The Bertz CT molecular complexity index is 3250. The Morgan fingerprint density at radius 3 is 2.13 bits per heavy atom. The first kappa shape index (κ1) is 51.3. The van der Waals surface area contributed by atoms with Gasteiger partial charge in [0.25, 0.3) is 10.1 Å². The number of benzene rings is 4. The normalized spacial score (nSPS) is 12.1. The standard InChI is InChI=1S/C34H28BClFN14O14S4/c36-29-40-31(38-20-7-10-22(11-8-20)67(55,56)13-12-63-69(60,61)62)44-33(41-29)46-35-47-34-43-30(37)42-32(45-34)39-25-15-23(68(57,58)59)16-26(27(25)53)49-51-28(18-4-2-1-3-5-18)50-48-24-14-21(66-65-64-54)9-6-19(24)17-52/h1-11,14-17,49,53-54H,12-13H2,(H,57,58,59)(H,60,61,62)(H2,38,40,41,44,46)(H2,39,42,43,45,47). The van der Waals surface area contributed by atoms with Crippen LogP contribution in [0, 0.1) is 6.08 Å². The number of phenols is 1. The molecular weight excluding hydrogens is 1020 g/mol. The average molecular weight is 1050 g/mol. The third-order valence-electron chi connectivity index (χ3n) is 8.16. The van der Waals surface area contributed by atoms with Crippen LogP contribution in [-0.2, 0) is 43.9 Å². The van der Waals surface area contributed by atoms with E-state index in [4.69, 9.17) is 21.4 Å². The van der Waals surface area contributed by atoms with Crippen LogP contribution >= 0.6 is 23.6 Å². The van der Waals surface area contributed by atoms with Gasteiger partial charge in [-0.3, -0.25) is 19.3 Å². The van der Waals surface area contributed by atoms with Crippen molar-refractivity contribution in [2.45, 2.75) is 14.7 Å². The highest BCUT2D eigenvalue weighted by molar-refractivity contribution is 7.94. The number of aldehydes is 1. The van der Waals surface area contributed by atoms with Crippen LogP contribution in [0.2, 0.25) is 5.28 Å². The molecule has 0 amide bonds. The maximum absolute atomic E-state index is 14.7. The summed E-state index contributed by atoms with van der Waals surface area (Å²) in [5.74, 6) is -3.08. The second kappa shape index (κ2) is 22.8. The van der Waals surface area contributed by atoms with E-state index in [1.165, 1.54) is 42.5 Å². The fraction of sp³-hybridized carbons (Fsp3) is 0.0588. The number of amidine groups is 1. The van der Waals surface area contributed by atoms with E-state index in [9.17, 15) is 44.1 Å². The number of carbonyl (C=O) groups is 1. The predicted octanol–water partition coefficient (Wildman–Crippen LogP) is 4.74. The van der Waals surface area contributed by atoms with Crippen molar-refractivity contribution >= 4 is 120 Å². The molecule has 0 unspecified atom stereocenters. The number of aromatic hydroxyl groups is 1. The molecule has 0 atom stereocenters. The van der Waals surface area contributed by atoms with Crippen molar-refractivity contribution in [1.29, 1.82) is 0 Å². The summed E-state index contributed by atoms with van der Waals surface area (Å²) in [4.78, 5) is 34.0. The molecule has 0 spiro atoms. The van der Waals surface area contributed by atoms with Crippen molar-refractivity contribution in [3.8, 4) is 5.75 Å². The molecule has 69 heavy (non-hydrogen) atoms. The van der Waals surface area contributed by atoms with Gasteiger partial charge in [-0.15, -0.1) is 14.6 Å². The van der Waals surface area contributed by atoms with Gasteiger partial charge in [0.1, 0.15) is 5.69 Å². The Labute approximate surface area is 397 Å². The zero-order chi connectivity index (χ0) is 49.8. The Hall–Kier alpha value is -7.12. The van der Waals surface area contributed by atoms with Crippen molar-refractivity contribution in [3.05, 3.63) is 107 Å². The van der Waals surface area contributed by atoms with Crippen molar-refractivity contribution < 1.29 is 67.5 Å². The minimum atomic E-state index is -4.99. The van der Waals surface area contributed by atoms with Crippen LogP contribution in [0.4, 0.5) is 50.9 Å². The summed E-state index contributed by atoms with van der Waals surface area (Å²) in [5, 5.41) is 45.7. The van der Waals surface area contributed by atoms with E-state index in [2.05, 4.69) is 85.3 Å². The monoisotopic (exact) mass is 1050 g/mol. The minimum Gasteiger partial charge on any atom is -0.504 e. The molecule has 0 aliphatic rings. The molecule has 28 nitrogen and oxygen atoms in total. The molecule has 0 saturated heterocycles. The van der Waals surface area contributed by atoms with Gasteiger partial charge in [0.05, 0.1) is 45.6 Å². The number of hydrogen-bond acceptors (Lipinski definition) is 26. The van der Waals surface area contributed by atoms with Gasteiger partial charge in [-0.25, -0.2) is 17.9 Å². The highest BCUT2D eigenvalue weighted by atomic mass is 35.5. The number of phenolic OH excluding ortho intramolecular Hbond substituents is 1. The second-order valence-corrected chi connectivity index (χ2v) is 18.5. The van der Waals surface area contributed by atoms with Crippen LogP contribution in [-0.4, -0.2) is 107 Å². The maximum atomic E-state index is 14.7. The fourth-order valence-electron chi connectivity index (χ4n) is 5.17. The number of rotatable bonds is 22. The number of sulfone groups is 1. The van der Waals surface area contributed by atoms with Gasteiger partial charge in [-0.05, 0) is 66.2 Å². The zero-order valence-electron chi connectivity index (χ0n) is 33.9. The number of nitrogens with zero attached hydrogens (tertiary/aromatic N) is 9. The predicted molar refractivity (Wildman–Crippen MR) is 242 cm³/mol. The van der Waals surface area contributed by atoms with E-state index < -0.39 is 82.7 Å². The topological polar surface area (TPSA) is 403 Å². The van der Waals surface area contributed by atoms with Crippen LogP contribution in [0.1, 0.15) is 15.9 Å². The highest BCUT2D eigenvalue weighted by Gasteiger charge is 2.21. The Kier molecular flexibility index (Phi) is 16.9. The third kappa shape index (κ3) is 15.2. The highest BCUT2D eigenvalue weighted by Crippen LogP contribution is 2.37. The Morgan fingerprint density at radius 2 is 1.46 bits per heavy atom. The van der Waals surface area contributed by atoms with Gasteiger partial charge < -0.3 is 26.2 Å². The minimum absolute atomic E-state index is 0.0286. The molecule has 359 valence electrons. The van der Waals surface area contributed by atoms with E-state index >= 15 is 0 Å². The lowest BCUT2D eigenvalue weighted by atomic mass is 10.2. The molecule has 6 aromatic rings. The van der Waals surface area contributed by atoms with Gasteiger partial charge >= 0.3 is 24.0 Å². The first-order valence-electron chi connectivity index (χ1n) is 18.3. The van der Waals surface area contributed by atoms with Crippen LogP contribution in [0.5, 0.6) is 5.75 Å². The summed E-state index contributed by atoms with van der Waals surface area (Å²) in [7, 11) is -12.8. The summed E-state index contributed by atoms with van der Waals surface area (Å²) in [6, 6.07) is 19.0. The van der Waals surface area contributed by atoms with E-state index in [-0.39, 0.29) is 44.8 Å². The lowest BCUT2D eigenvalue weighted by Gasteiger charge is -2.13. The first-order chi connectivity index (χ1) is 32.8. The largest absolute Gasteiger partial charge is 0.504 e. The quantitative estimate of drug-likeness (QED) is 0.00423. The molecule has 0 aliphatic heterocycles. The molecule has 0 bridgehead atoms.